The largest absolute Gasteiger partial charge is 0.488 e. The molecule has 3 rings (SSSR count). The Bertz CT molecular complexity index is 579. The number of furan rings is 1. The number of fused-ring (bicyclic) bond motifs is 1. The van der Waals surface area contributed by atoms with Crippen LogP contribution in [-0.2, 0) is 0 Å². The minimum absolute atomic E-state index is 0.0213. The standard InChI is InChI=1S/C14H10O3/c15-14-11(7-10-5-6-16-8-10)9-17-13-4-2-1-3-12(13)14/h1-8H,9H2/b11-7+. The monoisotopic (exact) mass is 226 g/mol. The van der Waals surface area contributed by atoms with Crippen LogP contribution in [0.5, 0.6) is 5.75 Å². The van der Waals surface area contributed by atoms with Crippen LogP contribution in [0.15, 0.2) is 52.8 Å². The summed E-state index contributed by atoms with van der Waals surface area (Å²) >= 11 is 0. The maximum Gasteiger partial charge on any atom is 0.196 e. The molecule has 0 N–H and O–H groups in total. The fraction of sp³-hybridized carbons (Fsp3) is 0.0714. The quantitative estimate of drug-likeness (QED) is 0.702. The van der Waals surface area contributed by atoms with Crippen LogP contribution in [0.3, 0.4) is 0 Å². The SMILES string of the molecule is O=C1/C(=C/c2ccoc2)COc2ccccc21. The van der Waals surface area contributed by atoms with E-state index in [1.165, 1.54) is 0 Å². The van der Waals surface area contributed by atoms with Crippen LogP contribution in [0.4, 0.5) is 0 Å². The van der Waals surface area contributed by atoms with Crippen molar-refractivity contribution in [1.82, 2.24) is 0 Å². The van der Waals surface area contributed by atoms with Crippen LogP contribution in [-0.4, -0.2) is 12.4 Å². The van der Waals surface area contributed by atoms with Gasteiger partial charge in [0.1, 0.15) is 12.4 Å². The molecule has 0 spiro atoms. The second-order valence-corrected chi connectivity index (χ2v) is 3.84. The van der Waals surface area contributed by atoms with Gasteiger partial charge in [-0.2, -0.15) is 0 Å². The van der Waals surface area contributed by atoms with Gasteiger partial charge in [0.05, 0.1) is 18.1 Å². The fourth-order valence-corrected chi connectivity index (χ4v) is 1.84. The lowest BCUT2D eigenvalue weighted by Crippen LogP contribution is -2.18. The Morgan fingerprint density at radius 3 is 2.88 bits per heavy atom. The average molecular weight is 226 g/mol. The summed E-state index contributed by atoms with van der Waals surface area (Å²) in [5, 5.41) is 0. The number of hydrogen-bond donors (Lipinski definition) is 0. The fourth-order valence-electron chi connectivity index (χ4n) is 1.84. The third-order valence-corrected chi connectivity index (χ3v) is 2.69. The first-order valence-electron chi connectivity index (χ1n) is 5.34. The first-order valence-corrected chi connectivity index (χ1v) is 5.34. The molecule has 0 saturated heterocycles. The van der Waals surface area contributed by atoms with E-state index < -0.39 is 0 Å². The lowest BCUT2D eigenvalue weighted by molar-refractivity contribution is 0.100. The zero-order valence-corrected chi connectivity index (χ0v) is 9.05. The van der Waals surface area contributed by atoms with Crippen molar-refractivity contribution in [2.75, 3.05) is 6.61 Å². The van der Waals surface area contributed by atoms with Gasteiger partial charge in [-0.05, 0) is 24.3 Å². The van der Waals surface area contributed by atoms with Crippen molar-refractivity contribution in [3.8, 4) is 5.75 Å². The van der Waals surface area contributed by atoms with Crippen LogP contribution >= 0.6 is 0 Å². The Labute approximate surface area is 98.3 Å². The molecule has 0 saturated carbocycles. The zero-order valence-electron chi connectivity index (χ0n) is 9.05. The number of hydrogen-bond acceptors (Lipinski definition) is 3. The first kappa shape index (κ1) is 9.90. The third kappa shape index (κ3) is 1.76. The average Bonchev–Trinajstić information content (AvgIpc) is 2.86. The highest BCUT2D eigenvalue weighted by Gasteiger charge is 2.22. The molecule has 0 atom stereocenters. The molecule has 0 bridgehead atoms. The molecule has 84 valence electrons. The molecule has 3 heteroatoms. The molecule has 0 unspecified atom stereocenters. The predicted octanol–water partition coefficient (Wildman–Crippen LogP) is 2.94. The summed E-state index contributed by atoms with van der Waals surface area (Å²) in [4.78, 5) is 12.2. The molecular formula is C14H10O3. The molecule has 1 aliphatic rings. The second kappa shape index (κ2) is 3.94. The van der Waals surface area contributed by atoms with Gasteiger partial charge in [-0.15, -0.1) is 0 Å². The van der Waals surface area contributed by atoms with Crippen LogP contribution in [0.1, 0.15) is 15.9 Å². The van der Waals surface area contributed by atoms with E-state index >= 15 is 0 Å². The van der Waals surface area contributed by atoms with Gasteiger partial charge in [0.25, 0.3) is 0 Å². The van der Waals surface area contributed by atoms with Crippen molar-refractivity contribution in [2.24, 2.45) is 0 Å². The molecule has 0 fully saturated rings. The highest BCUT2D eigenvalue weighted by Crippen LogP contribution is 2.27. The number of benzene rings is 1. The minimum Gasteiger partial charge on any atom is -0.488 e. The van der Waals surface area contributed by atoms with Gasteiger partial charge in [0.2, 0.25) is 0 Å². The van der Waals surface area contributed by atoms with Crippen LogP contribution in [0.2, 0.25) is 0 Å². The van der Waals surface area contributed by atoms with Gasteiger partial charge in [-0.3, -0.25) is 4.79 Å². The number of rotatable bonds is 1. The minimum atomic E-state index is 0.0213. The van der Waals surface area contributed by atoms with E-state index in [0.29, 0.717) is 23.5 Å². The number of Topliss-reactive ketones (excluding diaryl/α,β-unsaturated/α-hetero) is 1. The Kier molecular flexibility index (Phi) is 2.29. The molecule has 3 nitrogen and oxygen atoms in total. The van der Waals surface area contributed by atoms with Crippen molar-refractivity contribution >= 4 is 11.9 Å². The van der Waals surface area contributed by atoms with E-state index in [9.17, 15) is 4.79 Å². The van der Waals surface area contributed by atoms with E-state index in [0.717, 1.165) is 5.56 Å². The van der Waals surface area contributed by atoms with Gasteiger partial charge in [-0.25, -0.2) is 0 Å². The molecule has 0 aliphatic carbocycles. The van der Waals surface area contributed by atoms with Crippen LogP contribution in [0, 0.1) is 0 Å². The van der Waals surface area contributed by atoms with Gasteiger partial charge in [0, 0.05) is 11.1 Å². The highest BCUT2D eigenvalue weighted by atomic mass is 16.5. The summed E-state index contributed by atoms with van der Waals surface area (Å²) in [7, 11) is 0. The number of carbonyl (C=O) groups excluding carboxylic acids is 1. The summed E-state index contributed by atoms with van der Waals surface area (Å²) in [6, 6.07) is 9.08. The van der Waals surface area contributed by atoms with Crippen molar-refractivity contribution < 1.29 is 13.9 Å². The summed E-state index contributed by atoms with van der Waals surface area (Å²) < 4.78 is 10.5. The third-order valence-electron chi connectivity index (χ3n) is 2.69. The Morgan fingerprint density at radius 2 is 2.06 bits per heavy atom. The maximum absolute atomic E-state index is 12.2. The van der Waals surface area contributed by atoms with Crippen LogP contribution in [0.25, 0.3) is 6.08 Å². The molecule has 2 heterocycles. The number of carbonyl (C=O) groups is 1. The van der Waals surface area contributed by atoms with Gasteiger partial charge >= 0.3 is 0 Å². The molecule has 0 amide bonds. The summed E-state index contributed by atoms with van der Waals surface area (Å²) in [6.07, 6.45) is 4.97. The van der Waals surface area contributed by atoms with E-state index in [-0.39, 0.29) is 5.78 Å². The number of ether oxygens (including phenoxy) is 1. The molecule has 1 aromatic heterocycles. The van der Waals surface area contributed by atoms with E-state index in [1.807, 2.05) is 18.2 Å². The molecule has 0 radical (unpaired) electrons. The van der Waals surface area contributed by atoms with Crippen molar-refractivity contribution in [2.45, 2.75) is 0 Å². The molecule has 1 aromatic carbocycles. The molecule has 2 aromatic rings. The van der Waals surface area contributed by atoms with Gasteiger partial charge in [0.15, 0.2) is 5.78 Å². The molecular weight excluding hydrogens is 216 g/mol. The van der Waals surface area contributed by atoms with Crippen molar-refractivity contribution in [1.29, 1.82) is 0 Å². The van der Waals surface area contributed by atoms with E-state index in [4.69, 9.17) is 9.15 Å². The van der Waals surface area contributed by atoms with E-state index in [1.54, 1.807) is 30.7 Å². The van der Waals surface area contributed by atoms with Gasteiger partial charge < -0.3 is 9.15 Å². The van der Waals surface area contributed by atoms with Crippen molar-refractivity contribution in [3.63, 3.8) is 0 Å². The Balaban J connectivity index is 2.00. The lowest BCUT2D eigenvalue weighted by atomic mass is 9.99. The highest BCUT2D eigenvalue weighted by molar-refractivity contribution is 6.13. The first-order chi connectivity index (χ1) is 8.34. The molecule has 1 aliphatic heterocycles. The van der Waals surface area contributed by atoms with Crippen LogP contribution < -0.4 is 4.74 Å². The number of para-hydroxylation sites is 1. The second-order valence-electron chi connectivity index (χ2n) is 3.84. The smallest absolute Gasteiger partial charge is 0.196 e. The summed E-state index contributed by atoms with van der Waals surface area (Å²) in [6.45, 7) is 0.307. The van der Waals surface area contributed by atoms with Gasteiger partial charge in [-0.1, -0.05) is 12.1 Å². The van der Waals surface area contributed by atoms with Crippen molar-refractivity contribution in [3.05, 3.63) is 59.6 Å². The Morgan fingerprint density at radius 1 is 1.18 bits per heavy atom. The zero-order chi connectivity index (χ0) is 11.7. The Hall–Kier alpha value is -2.29. The summed E-state index contributed by atoms with van der Waals surface area (Å²) in [5.41, 5.74) is 2.13. The number of ketones is 1. The normalized spacial score (nSPS) is 16.7. The molecule has 17 heavy (non-hydrogen) atoms. The maximum atomic E-state index is 12.2. The topological polar surface area (TPSA) is 39.4 Å². The summed E-state index contributed by atoms with van der Waals surface area (Å²) in [5.74, 6) is 0.676. The predicted molar refractivity (Wildman–Crippen MR) is 63.0 cm³/mol. The lowest BCUT2D eigenvalue weighted by Gasteiger charge is -2.18. The van der Waals surface area contributed by atoms with E-state index in [2.05, 4.69) is 0 Å².